The molecule has 142 valence electrons. The van der Waals surface area contributed by atoms with Crippen molar-refractivity contribution in [1.29, 1.82) is 0 Å². The van der Waals surface area contributed by atoms with Crippen LogP contribution in [0.1, 0.15) is 27.7 Å². The van der Waals surface area contributed by atoms with Gasteiger partial charge in [-0.1, -0.05) is 0 Å². The van der Waals surface area contributed by atoms with Crippen molar-refractivity contribution in [3.8, 4) is 0 Å². The van der Waals surface area contributed by atoms with Gasteiger partial charge in [-0.25, -0.2) is 0 Å². The van der Waals surface area contributed by atoms with Gasteiger partial charge in [-0.3, -0.25) is 24.9 Å². The van der Waals surface area contributed by atoms with Gasteiger partial charge in [0.15, 0.2) is 12.2 Å². The van der Waals surface area contributed by atoms with Crippen LogP contribution in [0.25, 0.3) is 0 Å². The molecule has 1 heterocycles. The molecule has 0 amide bonds. The highest BCUT2D eigenvalue weighted by Gasteiger charge is 2.58. The number of carbonyl (C=O) groups is 4. The lowest BCUT2D eigenvalue weighted by Crippen LogP contribution is -2.71. The van der Waals surface area contributed by atoms with Crippen molar-refractivity contribution < 1.29 is 48.0 Å². The molecule has 11 heteroatoms. The van der Waals surface area contributed by atoms with E-state index in [0.717, 1.165) is 27.7 Å². The van der Waals surface area contributed by atoms with Gasteiger partial charge in [0.1, 0.15) is 12.7 Å². The quantitative estimate of drug-likeness (QED) is 0.327. The minimum absolute atomic E-state index is 0.461. The zero-order valence-corrected chi connectivity index (χ0v) is 14.2. The minimum atomic E-state index is -2.59. The Hall–Kier alpha value is -2.24. The fourth-order valence-corrected chi connectivity index (χ4v) is 2.31. The first kappa shape index (κ1) is 20.8. The molecule has 25 heavy (non-hydrogen) atoms. The van der Waals surface area contributed by atoms with Crippen LogP contribution in [0, 0.1) is 0 Å². The molecule has 1 aliphatic rings. The molecule has 0 aromatic carbocycles. The second-order valence-corrected chi connectivity index (χ2v) is 5.39. The molecule has 0 aromatic heterocycles. The topological polar surface area (TPSA) is 161 Å². The van der Waals surface area contributed by atoms with Gasteiger partial charge >= 0.3 is 23.9 Å². The molecule has 1 saturated heterocycles. The Balaban J connectivity index is 3.24. The van der Waals surface area contributed by atoms with Crippen molar-refractivity contribution in [1.82, 2.24) is 0 Å². The van der Waals surface area contributed by atoms with Crippen molar-refractivity contribution in [2.45, 2.75) is 58.0 Å². The van der Waals surface area contributed by atoms with E-state index in [2.05, 4.69) is 0 Å². The fraction of sp³-hybridized carbons (Fsp3) is 0.714. The van der Waals surface area contributed by atoms with Gasteiger partial charge in [-0.05, 0) is 0 Å². The van der Waals surface area contributed by atoms with E-state index in [1.807, 2.05) is 0 Å². The summed E-state index contributed by atoms with van der Waals surface area (Å²) in [5.41, 5.74) is 5.61. The molecule has 1 rings (SSSR count). The number of aliphatic hydroxyl groups is 1. The lowest BCUT2D eigenvalue weighted by molar-refractivity contribution is -0.349. The Labute approximate surface area is 143 Å². The lowest BCUT2D eigenvalue weighted by atomic mass is 9.96. The normalized spacial score (nSPS) is 31.6. The number of hydrogen-bond acceptors (Lipinski definition) is 11. The maximum absolute atomic E-state index is 11.4. The highest BCUT2D eigenvalue weighted by Crippen LogP contribution is 2.31. The van der Waals surface area contributed by atoms with E-state index in [-0.39, 0.29) is 0 Å². The summed E-state index contributed by atoms with van der Waals surface area (Å²) in [6, 6.07) is 0. The molecule has 0 aliphatic carbocycles. The zero-order valence-electron chi connectivity index (χ0n) is 14.2. The van der Waals surface area contributed by atoms with Crippen LogP contribution < -0.4 is 5.73 Å². The van der Waals surface area contributed by atoms with Gasteiger partial charge in [0.25, 0.3) is 5.91 Å². The monoisotopic (exact) mass is 363 g/mol. The van der Waals surface area contributed by atoms with Gasteiger partial charge in [0, 0.05) is 27.7 Å². The van der Waals surface area contributed by atoms with Crippen LogP contribution in [0.5, 0.6) is 0 Å². The lowest BCUT2D eigenvalue weighted by Gasteiger charge is -2.46. The van der Waals surface area contributed by atoms with E-state index in [9.17, 15) is 24.3 Å². The van der Waals surface area contributed by atoms with E-state index in [0.29, 0.717) is 0 Å². The first-order valence-electron chi connectivity index (χ1n) is 7.28. The molecule has 0 spiro atoms. The van der Waals surface area contributed by atoms with Gasteiger partial charge in [-0.15, -0.1) is 0 Å². The molecule has 0 aromatic rings. The fourth-order valence-electron chi connectivity index (χ4n) is 2.31. The Morgan fingerprint density at radius 2 is 1.40 bits per heavy atom. The molecule has 3 N–H and O–H groups in total. The zero-order chi connectivity index (χ0) is 19.4. The summed E-state index contributed by atoms with van der Waals surface area (Å²) in [5, 5.41) is 10.3. The highest BCUT2D eigenvalue weighted by molar-refractivity contribution is 5.68. The molecule has 11 nitrogen and oxygen atoms in total. The van der Waals surface area contributed by atoms with Crippen molar-refractivity contribution in [3.63, 3.8) is 0 Å². The largest absolute Gasteiger partial charge is 0.463 e. The van der Waals surface area contributed by atoms with Crippen LogP contribution in [-0.2, 0) is 42.9 Å². The summed E-state index contributed by atoms with van der Waals surface area (Å²) in [6.07, 6.45) is -5.81. The summed E-state index contributed by atoms with van der Waals surface area (Å²) in [6.45, 7) is 3.84. The van der Waals surface area contributed by atoms with E-state index in [4.69, 9.17) is 29.4 Å². The van der Waals surface area contributed by atoms with Crippen molar-refractivity contribution in [3.05, 3.63) is 0 Å². The number of nitrogens with two attached hydrogens (primary N) is 1. The third kappa shape index (κ3) is 5.96. The van der Waals surface area contributed by atoms with Gasteiger partial charge in [0.2, 0.25) is 6.10 Å². The van der Waals surface area contributed by atoms with Gasteiger partial charge < -0.3 is 28.8 Å². The van der Waals surface area contributed by atoms with Crippen LogP contribution >= 0.6 is 0 Å². The minimum Gasteiger partial charge on any atom is -0.463 e. The summed E-state index contributed by atoms with van der Waals surface area (Å²) < 4.78 is 25.0. The average molecular weight is 363 g/mol. The Bertz CT molecular complexity index is 546. The van der Waals surface area contributed by atoms with Crippen LogP contribution in [0.15, 0.2) is 0 Å². The molecule has 0 bridgehead atoms. The number of rotatable bonds is 5. The van der Waals surface area contributed by atoms with Crippen molar-refractivity contribution >= 4 is 23.9 Å². The Morgan fingerprint density at radius 3 is 1.84 bits per heavy atom. The molecule has 1 fully saturated rings. The Kier molecular flexibility index (Phi) is 6.85. The predicted molar refractivity (Wildman–Crippen MR) is 77.3 cm³/mol. The maximum atomic E-state index is 11.4. The summed E-state index contributed by atoms with van der Waals surface area (Å²) in [4.78, 5) is 45.1. The summed E-state index contributed by atoms with van der Waals surface area (Å²) in [7, 11) is 0. The second kappa shape index (κ2) is 8.23. The molecule has 0 unspecified atom stereocenters. The standard InChI is InChI=1S/C14H21NO10/c1-6(16)21-5-10-11(22-7(2)17)12(23-8(3)18)13(24-9(4)19)14(15,20)25-10/h10-13,20H,5,15H2,1-4H3/t10-,11-,12+,13-,14-/m1/s1. The summed E-state index contributed by atoms with van der Waals surface area (Å²) >= 11 is 0. The average Bonchev–Trinajstić information content (AvgIpc) is 2.42. The van der Waals surface area contributed by atoms with E-state index >= 15 is 0 Å². The molecule has 5 atom stereocenters. The third-order valence-electron chi connectivity index (χ3n) is 3.08. The molecule has 0 saturated carbocycles. The first-order chi connectivity index (χ1) is 11.4. The van der Waals surface area contributed by atoms with Gasteiger partial charge in [-0.2, -0.15) is 0 Å². The van der Waals surface area contributed by atoms with Crippen LogP contribution in [0.2, 0.25) is 0 Å². The first-order valence-corrected chi connectivity index (χ1v) is 7.28. The number of ether oxygens (including phenoxy) is 5. The van der Waals surface area contributed by atoms with E-state index in [1.165, 1.54) is 0 Å². The number of carbonyl (C=O) groups excluding carboxylic acids is 4. The van der Waals surface area contributed by atoms with Crippen LogP contribution in [-0.4, -0.2) is 65.9 Å². The van der Waals surface area contributed by atoms with E-state index < -0.39 is 60.8 Å². The van der Waals surface area contributed by atoms with Crippen molar-refractivity contribution in [2.75, 3.05) is 6.61 Å². The van der Waals surface area contributed by atoms with E-state index in [1.54, 1.807) is 0 Å². The SMILES string of the molecule is CC(=O)OC[C@H]1O[C@](N)(O)[C@H](OC(C)=O)[C@@H](OC(C)=O)[C@@H]1OC(C)=O. The molecule has 1 aliphatic heterocycles. The Morgan fingerprint density at radius 1 is 0.920 bits per heavy atom. The summed E-state index contributed by atoms with van der Waals surface area (Å²) in [5.74, 6) is -5.70. The molecule has 0 radical (unpaired) electrons. The molecular formula is C14H21NO10. The van der Waals surface area contributed by atoms with Crippen LogP contribution in [0.3, 0.4) is 0 Å². The smallest absolute Gasteiger partial charge is 0.303 e. The number of hydrogen-bond donors (Lipinski definition) is 2. The van der Waals surface area contributed by atoms with Crippen LogP contribution in [0.4, 0.5) is 0 Å². The van der Waals surface area contributed by atoms with Gasteiger partial charge in [0.05, 0.1) is 0 Å². The van der Waals surface area contributed by atoms with Crippen molar-refractivity contribution in [2.24, 2.45) is 5.73 Å². The maximum Gasteiger partial charge on any atom is 0.303 e. The second-order valence-electron chi connectivity index (χ2n) is 5.39. The number of esters is 4. The molecular weight excluding hydrogens is 342 g/mol. The predicted octanol–water partition coefficient (Wildman–Crippen LogP) is -1.65. The highest BCUT2D eigenvalue weighted by atomic mass is 16.7. The third-order valence-corrected chi connectivity index (χ3v) is 3.08.